The van der Waals surface area contributed by atoms with Crippen LogP contribution in [0.25, 0.3) is 0 Å². The van der Waals surface area contributed by atoms with Gasteiger partial charge in [-0.25, -0.2) is 0 Å². The number of amides is 1. The molecule has 0 radical (unpaired) electrons. The number of anilines is 1. The molecule has 126 valence electrons. The highest BCUT2D eigenvalue weighted by Crippen LogP contribution is 2.32. The lowest BCUT2D eigenvalue weighted by Gasteiger charge is -2.19. The fourth-order valence-corrected chi connectivity index (χ4v) is 3.18. The van der Waals surface area contributed by atoms with Crippen LogP contribution in [0.4, 0.5) is 11.4 Å². The molecule has 0 aromatic heterocycles. The molecule has 1 atom stereocenters. The Labute approximate surface area is 141 Å². The topological polar surface area (TPSA) is 92.7 Å². The quantitative estimate of drug-likeness (QED) is 0.669. The van der Waals surface area contributed by atoms with E-state index in [0.717, 1.165) is 32.4 Å². The van der Waals surface area contributed by atoms with Crippen molar-refractivity contribution in [1.82, 2.24) is 4.90 Å². The Morgan fingerprint density at radius 1 is 1.26 bits per heavy atom. The summed E-state index contributed by atoms with van der Waals surface area (Å²) >= 11 is 0. The number of likely N-dealkylation sites (tertiary alicyclic amines) is 1. The predicted octanol–water partition coefficient (Wildman–Crippen LogP) is 1.79. The van der Waals surface area contributed by atoms with E-state index in [4.69, 9.17) is 5.73 Å². The van der Waals surface area contributed by atoms with Gasteiger partial charge in [0, 0.05) is 43.9 Å². The van der Waals surface area contributed by atoms with Crippen molar-refractivity contribution >= 4 is 29.7 Å². The van der Waals surface area contributed by atoms with Crippen molar-refractivity contribution in [1.29, 1.82) is 0 Å². The van der Waals surface area contributed by atoms with Gasteiger partial charge in [-0.1, -0.05) is 0 Å². The minimum Gasteiger partial charge on any atom is -0.366 e. The zero-order chi connectivity index (χ0) is 15.7. The van der Waals surface area contributed by atoms with Gasteiger partial charge in [0.15, 0.2) is 0 Å². The molecule has 2 aliphatic rings. The van der Waals surface area contributed by atoms with Crippen LogP contribution in [-0.4, -0.2) is 48.0 Å². The van der Waals surface area contributed by atoms with E-state index in [1.807, 2.05) is 4.90 Å². The first-order valence-electron chi connectivity index (χ1n) is 7.64. The third-order valence-electron chi connectivity index (χ3n) is 4.38. The number of carbonyl (C=O) groups is 1. The summed E-state index contributed by atoms with van der Waals surface area (Å²) in [6.45, 7) is 2.78. The van der Waals surface area contributed by atoms with Crippen LogP contribution in [0.15, 0.2) is 18.2 Å². The molecule has 1 aromatic carbocycles. The van der Waals surface area contributed by atoms with Gasteiger partial charge < -0.3 is 15.5 Å². The summed E-state index contributed by atoms with van der Waals surface area (Å²) in [4.78, 5) is 27.1. The van der Waals surface area contributed by atoms with Crippen LogP contribution in [0.3, 0.4) is 0 Å². The van der Waals surface area contributed by atoms with E-state index in [1.54, 1.807) is 17.0 Å². The minimum atomic E-state index is -0.403. The van der Waals surface area contributed by atoms with Gasteiger partial charge in [-0.3, -0.25) is 14.9 Å². The molecule has 7 nitrogen and oxygen atoms in total. The maximum absolute atomic E-state index is 12.4. The summed E-state index contributed by atoms with van der Waals surface area (Å²) < 4.78 is 0. The number of halogens is 1. The van der Waals surface area contributed by atoms with Crippen LogP contribution >= 0.6 is 12.4 Å². The van der Waals surface area contributed by atoms with E-state index in [1.165, 1.54) is 6.07 Å². The van der Waals surface area contributed by atoms with Crippen molar-refractivity contribution in [2.24, 2.45) is 5.73 Å². The average molecular weight is 341 g/mol. The molecule has 8 heteroatoms. The van der Waals surface area contributed by atoms with Gasteiger partial charge in [0.25, 0.3) is 11.6 Å². The number of nitro benzene ring substituents is 1. The zero-order valence-electron chi connectivity index (χ0n) is 12.8. The molecule has 2 N–H and O–H groups in total. The van der Waals surface area contributed by atoms with Gasteiger partial charge in [-0.05, 0) is 31.4 Å². The number of hydrogen-bond donors (Lipinski definition) is 1. The van der Waals surface area contributed by atoms with E-state index in [0.29, 0.717) is 24.3 Å². The second kappa shape index (κ2) is 7.14. The Morgan fingerprint density at radius 3 is 2.52 bits per heavy atom. The first-order valence-corrected chi connectivity index (χ1v) is 7.64. The number of benzene rings is 1. The first kappa shape index (κ1) is 17.5. The van der Waals surface area contributed by atoms with Crippen molar-refractivity contribution in [3.63, 3.8) is 0 Å². The van der Waals surface area contributed by atoms with Crippen molar-refractivity contribution in [2.75, 3.05) is 31.1 Å². The molecule has 0 saturated carbocycles. The second-order valence-corrected chi connectivity index (χ2v) is 5.95. The molecule has 2 fully saturated rings. The largest absolute Gasteiger partial charge is 0.366 e. The summed E-state index contributed by atoms with van der Waals surface area (Å²) in [6, 6.07) is 4.79. The maximum atomic E-state index is 12.4. The monoisotopic (exact) mass is 340 g/mol. The fraction of sp³-hybridized carbons (Fsp3) is 0.533. The van der Waals surface area contributed by atoms with Crippen LogP contribution in [0.2, 0.25) is 0 Å². The van der Waals surface area contributed by atoms with E-state index < -0.39 is 4.92 Å². The standard InChI is InChI=1S/C15H20N4O3.ClH/c16-12-5-8-18(10-12)15(20)11-3-4-13(14(9-11)19(21)22)17-6-1-2-7-17;/h3-4,9,12H,1-2,5-8,10,16H2;1H/t12-;/m1./s1. The molecule has 1 aromatic rings. The summed E-state index contributed by atoms with van der Waals surface area (Å²) in [5, 5.41) is 11.4. The zero-order valence-corrected chi connectivity index (χ0v) is 13.6. The molecule has 2 saturated heterocycles. The number of nitrogens with zero attached hydrogens (tertiary/aromatic N) is 3. The lowest BCUT2D eigenvalue weighted by atomic mass is 10.1. The number of nitro groups is 1. The molecule has 0 spiro atoms. The molecule has 1 amide bonds. The lowest BCUT2D eigenvalue weighted by Crippen LogP contribution is -2.32. The van der Waals surface area contributed by atoms with Gasteiger partial charge in [0.1, 0.15) is 5.69 Å². The Morgan fingerprint density at radius 2 is 1.96 bits per heavy atom. The smallest absolute Gasteiger partial charge is 0.293 e. The van der Waals surface area contributed by atoms with Crippen LogP contribution in [0, 0.1) is 10.1 Å². The second-order valence-electron chi connectivity index (χ2n) is 5.95. The maximum Gasteiger partial charge on any atom is 0.293 e. The lowest BCUT2D eigenvalue weighted by molar-refractivity contribution is -0.384. The van der Waals surface area contributed by atoms with Gasteiger partial charge >= 0.3 is 0 Å². The Hall–Kier alpha value is -1.86. The fourth-order valence-electron chi connectivity index (χ4n) is 3.18. The average Bonchev–Trinajstić information content (AvgIpc) is 3.17. The molecule has 0 aliphatic carbocycles. The molecule has 23 heavy (non-hydrogen) atoms. The number of hydrogen-bond acceptors (Lipinski definition) is 5. The third kappa shape index (κ3) is 3.56. The minimum absolute atomic E-state index is 0. The van der Waals surface area contributed by atoms with Gasteiger partial charge in [-0.2, -0.15) is 0 Å². The van der Waals surface area contributed by atoms with Crippen molar-refractivity contribution in [3.05, 3.63) is 33.9 Å². The van der Waals surface area contributed by atoms with E-state index in [2.05, 4.69) is 0 Å². The molecule has 2 aliphatic heterocycles. The van der Waals surface area contributed by atoms with Crippen molar-refractivity contribution < 1.29 is 9.72 Å². The Balaban J connectivity index is 0.00000192. The molecule has 0 unspecified atom stereocenters. The summed E-state index contributed by atoms with van der Waals surface area (Å²) in [5.74, 6) is -0.177. The Kier molecular flexibility index (Phi) is 5.43. The molecular formula is C15H21ClN4O3. The number of carbonyl (C=O) groups excluding carboxylic acids is 1. The first-order chi connectivity index (χ1) is 10.6. The van der Waals surface area contributed by atoms with Gasteiger partial charge in [-0.15, -0.1) is 12.4 Å². The molecule has 3 rings (SSSR count). The van der Waals surface area contributed by atoms with Gasteiger partial charge in [0.2, 0.25) is 0 Å². The highest BCUT2D eigenvalue weighted by atomic mass is 35.5. The van der Waals surface area contributed by atoms with Crippen LogP contribution < -0.4 is 10.6 Å². The van der Waals surface area contributed by atoms with Crippen LogP contribution in [-0.2, 0) is 0 Å². The van der Waals surface area contributed by atoms with E-state index in [9.17, 15) is 14.9 Å². The molecular weight excluding hydrogens is 320 g/mol. The SMILES string of the molecule is Cl.N[C@@H]1CCN(C(=O)c2ccc(N3CCCC3)c([N+](=O)[O-])c2)C1. The van der Waals surface area contributed by atoms with Crippen molar-refractivity contribution in [3.8, 4) is 0 Å². The van der Waals surface area contributed by atoms with Crippen LogP contribution in [0.1, 0.15) is 29.6 Å². The summed E-state index contributed by atoms with van der Waals surface area (Å²) in [5.41, 5.74) is 6.80. The summed E-state index contributed by atoms with van der Waals surface area (Å²) in [6.07, 6.45) is 2.87. The third-order valence-corrected chi connectivity index (χ3v) is 4.38. The molecule has 2 heterocycles. The van der Waals surface area contributed by atoms with Crippen molar-refractivity contribution in [2.45, 2.75) is 25.3 Å². The normalized spacial score (nSPS) is 20.5. The number of nitrogens with two attached hydrogens (primary N) is 1. The van der Waals surface area contributed by atoms with Crippen LogP contribution in [0.5, 0.6) is 0 Å². The van der Waals surface area contributed by atoms with Gasteiger partial charge in [0.05, 0.1) is 4.92 Å². The highest BCUT2D eigenvalue weighted by Gasteiger charge is 2.28. The Bertz CT molecular complexity index is 604. The van der Waals surface area contributed by atoms with E-state index >= 15 is 0 Å². The predicted molar refractivity (Wildman–Crippen MR) is 90.3 cm³/mol. The number of rotatable bonds is 3. The molecule has 0 bridgehead atoms. The van der Waals surface area contributed by atoms with E-state index in [-0.39, 0.29) is 30.0 Å². The summed E-state index contributed by atoms with van der Waals surface area (Å²) in [7, 11) is 0. The highest BCUT2D eigenvalue weighted by molar-refractivity contribution is 5.96.